The third kappa shape index (κ3) is 5.61. The number of benzene rings is 2. The van der Waals surface area contributed by atoms with Crippen molar-refractivity contribution in [1.29, 1.82) is 0 Å². The SMILES string of the molecule is CCOC(=O)c1ccc(NC(=S)NCc2nc(-c3cccc(Br)c3)no2)c(C)c1. The Morgan fingerprint density at radius 1 is 1.28 bits per heavy atom. The van der Waals surface area contributed by atoms with Gasteiger partial charge in [0, 0.05) is 15.7 Å². The molecule has 0 amide bonds. The Morgan fingerprint density at radius 3 is 2.83 bits per heavy atom. The molecule has 0 unspecified atom stereocenters. The molecule has 2 aromatic carbocycles. The van der Waals surface area contributed by atoms with Crippen LogP contribution in [0, 0.1) is 6.92 Å². The number of esters is 1. The molecule has 0 saturated heterocycles. The molecule has 29 heavy (non-hydrogen) atoms. The van der Waals surface area contributed by atoms with Crippen molar-refractivity contribution in [1.82, 2.24) is 15.5 Å². The second-order valence-electron chi connectivity index (χ2n) is 6.08. The van der Waals surface area contributed by atoms with E-state index >= 15 is 0 Å². The number of nitrogens with zero attached hydrogens (tertiary/aromatic N) is 2. The fourth-order valence-electron chi connectivity index (χ4n) is 2.54. The zero-order valence-electron chi connectivity index (χ0n) is 15.9. The van der Waals surface area contributed by atoms with Gasteiger partial charge in [-0.2, -0.15) is 4.98 Å². The van der Waals surface area contributed by atoms with Crippen LogP contribution in [0.1, 0.15) is 28.7 Å². The van der Waals surface area contributed by atoms with Crippen LogP contribution in [0.3, 0.4) is 0 Å². The first-order valence-corrected chi connectivity index (χ1v) is 10.1. The maximum absolute atomic E-state index is 11.8. The summed E-state index contributed by atoms with van der Waals surface area (Å²) in [5.74, 6) is 0.575. The molecule has 2 N–H and O–H groups in total. The lowest BCUT2D eigenvalue weighted by atomic mass is 10.1. The normalized spacial score (nSPS) is 10.4. The van der Waals surface area contributed by atoms with Gasteiger partial charge in [-0.1, -0.05) is 33.2 Å². The standard InChI is InChI=1S/C20H19BrN4O3S/c1-3-27-19(26)14-7-8-16(12(2)9-14)23-20(29)22-11-17-24-18(25-28-17)13-5-4-6-15(21)10-13/h4-10H,3,11H2,1-2H3,(H2,22,23,29). The third-order valence-corrected chi connectivity index (χ3v) is 4.68. The number of halogens is 1. The van der Waals surface area contributed by atoms with Crippen molar-refractivity contribution in [2.75, 3.05) is 11.9 Å². The van der Waals surface area contributed by atoms with E-state index < -0.39 is 0 Å². The maximum Gasteiger partial charge on any atom is 0.338 e. The van der Waals surface area contributed by atoms with Gasteiger partial charge in [-0.25, -0.2) is 4.79 Å². The van der Waals surface area contributed by atoms with Crippen molar-refractivity contribution < 1.29 is 14.1 Å². The highest BCUT2D eigenvalue weighted by Gasteiger charge is 2.11. The number of hydrogen-bond acceptors (Lipinski definition) is 6. The molecular formula is C20H19BrN4O3S. The van der Waals surface area contributed by atoms with Gasteiger partial charge in [-0.15, -0.1) is 0 Å². The highest BCUT2D eigenvalue weighted by Crippen LogP contribution is 2.20. The molecule has 0 atom stereocenters. The Morgan fingerprint density at radius 2 is 2.10 bits per heavy atom. The van der Waals surface area contributed by atoms with E-state index in [9.17, 15) is 4.79 Å². The molecule has 9 heteroatoms. The molecular weight excluding hydrogens is 456 g/mol. The molecule has 0 spiro atoms. The molecule has 3 aromatic rings. The van der Waals surface area contributed by atoms with E-state index in [1.165, 1.54) is 0 Å². The lowest BCUT2D eigenvalue weighted by Gasteiger charge is -2.12. The average Bonchev–Trinajstić information content (AvgIpc) is 3.17. The lowest BCUT2D eigenvalue weighted by molar-refractivity contribution is 0.0526. The minimum absolute atomic E-state index is 0.285. The number of ether oxygens (including phenoxy) is 1. The number of aryl methyl sites for hydroxylation is 1. The minimum Gasteiger partial charge on any atom is -0.462 e. The van der Waals surface area contributed by atoms with E-state index in [-0.39, 0.29) is 12.5 Å². The predicted molar refractivity (Wildman–Crippen MR) is 118 cm³/mol. The van der Waals surface area contributed by atoms with Gasteiger partial charge in [0.15, 0.2) is 5.11 Å². The molecule has 150 valence electrons. The van der Waals surface area contributed by atoms with E-state index in [2.05, 4.69) is 36.7 Å². The van der Waals surface area contributed by atoms with Gasteiger partial charge in [0.2, 0.25) is 11.7 Å². The minimum atomic E-state index is -0.347. The van der Waals surface area contributed by atoms with E-state index in [4.69, 9.17) is 21.5 Å². The first-order chi connectivity index (χ1) is 14.0. The molecule has 7 nitrogen and oxygen atoms in total. The van der Waals surface area contributed by atoms with Crippen LogP contribution in [0.15, 0.2) is 51.5 Å². The Balaban J connectivity index is 1.57. The fraction of sp³-hybridized carbons (Fsp3) is 0.200. The zero-order valence-corrected chi connectivity index (χ0v) is 18.3. The van der Waals surface area contributed by atoms with Crippen LogP contribution in [0.25, 0.3) is 11.4 Å². The highest BCUT2D eigenvalue weighted by molar-refractivity contribution is 9.10. The first kappa shape index (κ1) is 20.9. The molecule has 1 aromatic heterocycles. The van der Waals surface area contributed by atoms with E-state index in [1.54, 1.807) is 25.1 Å². The monoisotopic (exact) mass is 474 g/mol. The largest absolute Gasteiger partial charge is 0.462 e. The maximum atomic E-state index is 11.8. The Hall–Kier alpha value is -2.78. The second kappa shape index (κ2) is 9.62. The molecule has 0 aliphatic carbocycles. The summed E-state index contributed by atoms with van der Waals surface area (Å²) in [4.78, 5) is 16.2. The van der Waals surface area contributed by atoms with Crippen molar-refractivity contribution in [2.24, 2.45) is 0 Å². The second-order valence-corrected chi connectivity index (χ2v) is 7.40. The average molecular weight is 475 g/mol. The van der Waals surface area contributed by atoms with Crippen LogP contribution in [-0.4, -0.2) is 27.8 Å². The van der Waals surface area contributed by atoms with Gasteiger partial charge in [0.1, 0.15) is 0 Å². The van der Waals surface area contributed by atoms with E-state index in [1.807, 2.05) is 31.2 Å². The van der Waals surface area contributed by atoms with Crippen LogP contribution in [0.5, 0.6) is 0 Å². The lowest BCUT2D eigenvalue weighted by Crippen LogP contribution is -2.28. The van der Waals surface area contributed by atoms with Crippen LogP contribution < -0.4 is 10.6 Å². The van der Waals surface area contributed by atoms with Crippen molar-refractivity contribution in [3.05, 3.63) is 64.0 Å². The molecule has 0 radical (unpaired) electrons. The summed E-state index contributed by atoms with van der Waals surface area (Å²) in [5, 5.41) is 10.5. The first-order valence-electron chi connectivity index (χ1n) is 8.87. The van der Waals surface area contributed by atoms with Gasteiger partial charge < -0.3 is 19.9 Å². The highest BCUT2D eigenvalue weighted by atomic mass is 79.9. The summed E-state index contributed by atoms with van der Waals surface area (Å²) in [6.07, 6.45) is 0. The predicted octanol–water partition coefficient (Wildman–Crippen LogP) is 4.47. The van der Waals surface area contributed by atoms with Crippen molar-refractivity contribution in [3.63, 3.8) is 0 Å². The molecule has 3 rings (SSSR count). The molecule has 0 bridgehead atoms. The number of aromatic nitrogens is 2. The molecule has 0 saturated carbocycles. The van der Waals surface area contributed by atoms with Gasteiger partial charge in [-0.05, 0) is 62.0 Å². The van der Waals surface area contributed by atoms with Gasteiger partial charge in [0.05, 0.1) is 18.7 Å². The van der Waals surface area contributed by atoms with Gasteiger partial charge >= 0.3 is 5.97 Å². The molecule has 0 aliphatic heterocycles. The Bertz CT molecular complexity index is 1040. The number of carbonyl (C=O) groups excluding carboxylic acids is 1. The Labute approximate surface area is 182 Å². The van der Waals surface area contributed by atoms with Crippen molar-refractivity contribution in [2.45, 2.75) is 20.4 Å². The topological polar surface area (TPSA) is 89.3 Å². The summed E-state index contributed by atoms with van der Waals surface area (Å²) in [7, 11) is 0. The van der Waals surface area contributed by atoms with Crippen LogP contribution in [0.2, 0.25) is 0 Å². The van der Waals surface area contributed by atoms with Gasteiger partial charge in [0.25, 0.3) is 0 Å². The van der Waals surface area contributed by atoms with Crippen molar-refractivity contribution in [3.8, 4) is 11.4 Å². The fourth-order valence-corrected chi connectivity index (χ4v) is 3.12. The number of rotatable bonds is 6. The summed E-state index contributed by atoms with van der Waals surface area (Å²) in [6.45, 7) is 4.28. The van der Waals surface area contributed by atoms with E-state index in [0.717, 1.165) is 21.3 Å². The number of thiocarbonyl (C=S) groups is 1. The Kier molecular flexibility index (Phi) is 6.95. The molecule has 0 fully saturated rings. The quantitative estimate of drug-likeness (QED) is 0.399. The van der Waals surface area contributed by atoms with Crippen LogP contribution >= 0.6 is 28.1 Å². The number of anilines is 1. The summed E-state index contributed by atoms with van der Waals surface area (Å²) < 4.78 is 11.2. The summed E-state index contributed by atoms with van der Waals surface area (Å²) in [6, 6.07) is 12.9. The zero-order chi connectivity index (χ0) is 20.8. The number of hydrogen-bond donors (Lipinski definition) is 2. The van der Waals surface area contributed by atoms with Gasteiger partial charge in [-0.3, -0.25) is 0 Å². The van der Waals surface area contributed by atoms with E-state index in [0.29, 0.717) is 29.0 Å². The van der Waals surface area contributed by atoms with Crippen LogP contribution in [-0.2, 0) is 11.3 Å². The van der Waals surface area contributed by atoms with Crippen molar-refractivity contribution >= 4 is 44.9 Å². The third-order valence-electron chi connectivity index (χ3n) is 3.94. The summed E-state index contributed by atoms with van der Waals surface area (Å²) >= 11 is 8.75. The number of carbonyl (C=O) groups is 1. The molecule has 0 aliphatic rings. The smallest absolute Gasteiger partial charge is 0.338 e. The molecule has 1 heterocycles. The van der Waals surface area contributed by atoms with Crippen LogP contribution in [0.4, 0.5) is 5.69 Å². The summed E-state index contributed by atoms with van der Waals surface area (Å²) in [5.41, 5.74) is 3.01. The number of nitrogens with one attached hydrogen (secondary N) is 2.